The average Bonchev–Trinajstić information content (AvgIpc) is 2.43. The van der Waals surface area contributed by atoms with Crippen molar-refractivity contribution in [2.45, 2.75) is 13.8 Å². The van der Waals surface area contributed by atoms with Crippen molar-refractivity contribution < 1.29 is 19.0 Å². The minimum atomic E-state index is -1.29. The molecule has 0 radical (unpaired) electrons. The van der Waals surface area contributed by atoms with Crippen LogP contribution in [-0.2, 0) is 9.53 Å². The van der Waals surface area contributed by atoms with Crippen molar-refractivity contribution in [3.63, 3.8) is 0 Å². The van der Waals surface area contributed by atoms with Gasteiger partial charge in [0.15, 0.2) is 11.6 Å². The fraction of sp³-hybridized carbons (Fsp3) is 0.200. The second-order valence-corrected chi connectivity index (χ2v) is 4.89. The molecule has 0 aliphatic carbocycles. The summed E-state index contributed by atoms with van der Waals surface area (Å²) in [6, 6.07) is 2.71. The topological polar surface area (TPSA) is 84.9 Å². The number of carboxylic acid groups (broad SMARTS) is 1. The zero-order valence-electron chi connectivity index (χ0n) is 12.4. The number of carbonyl (C=O) groups is 1. The molecule has 0 unspecified atom stereocenters. The quantitative estimate of drug-likeness (QED) is 0.377. The summed E-state index contributed by atoms with van der Waals surface area (Å²) in [6.45, 7) is 6.61. The van der Waals surface area contributed by atoms with Crippen molar-refractivity contribution in [1.82, 2.24) is 0 Å². The molecule has 0 aliphatic heterocycles. The highest BCUT2D eigenvalue weighted by molar-refractivity contribution is 6.31. The molecule has 3 N–H and O–H groups in total. The number of methoxy groups -OCH3 is 1. The fourth-order valence-corrected chi connectivity index (χ4v) is 1.86. The van der Waals surface area contributed by atoms with Crippen molar-refractivity contribution in [1.29, 1.82) is 0 Å². The van der Waals surface area contributed by atoms with Gasteiger partial charge in [0.05, 0.1) is 18.4 Å². The van der Waals surface area contributed by atoms with E-state index >= 15 is 0 Å². The number of halogens is 2. The number of nitrogens with zero attached hydrogens (tertiary/aromatic N) is 1. The summed E-state index contributed by atoms with van der Waals surface area (Å²) in [5.41, 5.74) is 6.51. The molecule has 0 aliphatic rings. The molecule has 0 saturated heterocycles. The number of aliphatic imine (C=N–C) groups is 1. The first-order valence-corrected chi connectivity index (χ1v) is 6.54. The number of hydrogen-bond donors (Lipinski definition) is 2. The zero-order chi connectivity index (χ0) is 17.0. The number of aliphatic carboxylic acids is 1. The zero-order valence-corrected chi connectivity index (χ0v) is 13.2. The maximum atomic E-state index is 13.9. The van der Waals surface area contributed by atoms with Gasteiger partial charge in [0, 0.05) is 10.6 Å². The lowest BCUT2D eigenvalue weighted by Gasteiger charge is -2.10. The Kier molecular flexibility index (Phi) is 5.70. The van der Waals surface area contributed by atoms with Gasteiger partial charge >= 0.3 is 5.97 Å². The van der Waals surface area contributed by atoms with Crippen LogP contribution in [0.2, 0.25) is 5.02 Å². The number of rotatable bonds is 5. The van der Waals surface area contributed by atoms with Crippen LogP contribution in [0.1, 0.15) is 18.1 Å². The Morgan fingerprint density at radius 2 is 2.09 bits per heavy atom. The van der Waals surface area contributed by atoms with Crippen LogP contribution in [0.15, 0.2) is 40.9 Å². The number of benzene rings is 1. The van der Waals surface area contributed by atoms with Crippen LogP contribution in [0.5, 0.6) is 0 Å². The number of aryl methyl sites for hydroxylation is 1. The van der Waals surface area contributed by atoms with Gasteiger partial charge in [-0.3, -0.25) is 0 Å². The van der Waals surface area contributed by atoms with Gasteiger partial charge < -0.3 is 15.6 Å². The molecule has 1 rings (SSSR count). The fourth-order valence-electron chi connectivity index (χ4n) is 1.71. The normalized spacial score (nSPS) is 12.7. The van der Waals surface area contributed by atoms with E-state index in [1.165, 1.54) is 26.2 Å². The summed E-state index contributed by atoms with van der Waals surface area (Å²) in [5.74, 6) is -2.24. The SMILES string of the molecule is C=C(C(=O)O)/C(OC)=C(/N)N=C(C)c1cc(C)c(Cl)cc1F. The van der Waals surface area contributed by atoms with Crippen molar-refractivity contribution in [2.75, 3.05) is 7.11 Å². The molecule has 5 nitrogen and oxygen atoms in total. The molecule has 0 atom stereocenters. The van der Waals surface area contributed by atoms with E-state index in [1.54, 1.807) is 6.92 Å². The Morgan fingerprint density at radius 3 is 2.59 bits per heavy atom. The molecule has 0 saturated carbocycles. The highest BCUT2D eigenvalue weighted by Gasteiger charge is 2.16. The lowest BCUT2D eigenvalue weighted by Crippen LogP contribution is -2.12. The third kappa shape index (κ3) is 3.85. The Balaban J connectivity index is 3.34. The van der Waals surface area contributed by atoms with E-state index in [-0.39, 0.29) is 28.4 Å². The second-order valence-electron chi connectivity index (χ2n) is 4.48. The first-order chi connectivity index (χ1) is 10.2. The van der Waals surface area contributed by atoms with E-state index in [2.05, 4.69) is 11.6 Å². The van der Waals surface area contributed by atoms with Crippen LogP contribution in [0.4, 0.5) is 4.39 Å². The van der Waals surface area contributed by atoms with Gasteiger partial charge in [0.1, 0.15) is 5.82 Å². The Morgan fingerprint density at radius 1 is 1.50 bits per heavy atom. The standard InChI is InChI=1S/C15H16ClFN2O3/c1-7-5-10(12(17)6-11(7)16)9(3)19-14(18)13(22-4)8(2)15(20)21/h5-6H,2,18H2,1,3-4H3,(H,20,21)/b14-13+,19-9?. The first kappa shape index (κ1) is 17.7. The highest BCUT2D eigenvalue weighted by atomic mass is 35.5. The third-order valence-electron chi connectivity index (χ3n) is 2.90. The molecular weight excluding hydrogens is 311 g/mol. The van der Waals surface area contributed by atoms with E-state index in [0.29, 0.717) is 10.6 Å². The molecule has 1 aromatic carbocycles. The molecule has 0 spiro atoms. The van der Waals surface area contributed by atoms with Crippen LogP contribution >= 0.6 is 11.6 Å². The lowest BCUT2D eigenvalue weighted by atomic mass is 10.1. The number of nitrogens with two attached hydrogens (primary N) is 1. The predicted octanol–water partition coefficient (Wildman–Crippen LogP) is 3.01. The number of ether oxygens (including phenoxy) is 1. The van der Waals surface area contributed by atoms with E-state index < -0.39 is 11.8 Å². The molecule has 22 heavy (non-hydrogen) atoms. The summed E-state index contributed by atoms with van der Waals surface area (Å²) in [5, 5.41) is 9.20. The summed E-state index contributed by atoms with van der Waals surface area (Å²) in [4.78, 5) is 14.9. The third-order valence-corrected chi connectivity index (χ3v) is 3.30. The monoisotopic (exact) mass is 326 g/mol. The maximum Gasteiger partial charge on any atom is 0.339 e. The molecule has 0 aromatic heterocycles. The molecule has 0 amide bonds. The van der Waals surface area contributed by atoms with Crippen molar-refractivity contribution >= 4 is 23.3 Å². The van der Waals surface area contributed by atoms with Gasteiger partial charge in [-0.15, -0.1) is 0 Å². The van der Waals surface area contributed by atoms with Gasteiger partial charge in [-0.05, 0) is 31.5 Å². The van der Waals surface area contributed by atoms with E-state index in [9.17, 15) is 9.18 Å². The smallest absolute Gasteiger partial charge is 0.339 e. The van der Waals surface area contributed by atoms with E-state index in [1.807, 2.05) is 0 Å². The number of carboxylic acids is 1. The van der Waals surface area contributed by atoms with E-state index in [4.69, 9.17) is 27.2 Å². The van der Waals surface area contributed by atoms with E-state index in [0.717, 1.165) is 0 Å². The van der Waals surface area contributed by atoms with Crippen LogP contribution < -0.4 is 5.73 Å². The molecule has 1 aromatic rings. The molecule has 7 heteroatoms. The van der Waals surface area contributed by atoms with Crippen molar-refractivity contribution in [3.8, 4) is 0 Å². The Bertz CT molecular complexity index is 696. The lowest BCUT2D eigenvalue weighted by molar-refractivity contribution is -0.132. The van der Waals surface area contributed by atoms with Crippen LogP contribution in [0.3, 0.4) is 0 Å². The van der Waals surface area contributed by atoms with Crippen LogP contribution in [0.25, 0.3) is 0 Å². The minimum Gasteiger partial charge on any atom is -0.492 e. The summed E-state index contributed by atoms with van der Waals surface area (Å²) >= 11 is 5.83. The molecule has 0 heterocycles. The molecular formula is C15H16ClFN2O3. The van der Waals surface area contributed by atoms with Crippen molar-refractivity contribution in [3.05, 3.63) is 57.8 Å². The van der Waals surface area contributed by atoms with Gasteiger partial charge in [-0.1, -0.05) is 18.2 Å². The summed E-state index contributed by atoms with van der Waals surface area (Å²) in [6.07, 6.45) is 0. The maximum absolute atomic E-state index is 13.9. The molecule has 0 bridgehead atoms. The summed E-state index contributed by atoms with van der Waals surface area (Å²) < 4.78 is 18.8. The highest BCUT2D eigenvalue weighted by Crippen LogP contribution is 2.21. The first-order valence-electron chi connectivity index (χ1n) is 6.16. The Labute approximate surface area is 132 Å². The van der Waals surface area contributed by atoms with Gasteiger partial charge in [0.25, 0.3) is 0 Å². The van der Waals surface area contributed by atoms with Crippen molar-refractivity contribution in [2.24, 2.45) is 10.7 Å². The van der Waals surface area contributed by atoms with Crippen LogP contribution in [0, 0.1) is 12.7 Å². The average molecular weight is 327 g/mol. The van der Waals surface area contributed by atoms with Gasteiger partial charge in [-0.25, -0.2) is 14.2 Å². The Hall–Kier alpha value is -2.34. The molecule has 0 fully saturated rings. The number of hydrogen-bond acceptors (Lipinski definition) is 4. The second kappa shape index (κ2) is 7.09. The predicted molar refractivity (Wildman–Crippen MR) is 83.4 cm³/mol. The summed E-state index contributed by atoms with van der Waals surface area (Å²) in [7, 11) is 1.24. The van der Waals surface area contributed by atoms with Crippen LogP contribution in [-0.4, -0.2) is 23.9 Å². The van der Waals surface area contributed by atoms with Gasteiger partial charge in [-0.2, -0.15) is 0 Å². The largest absolute Gasteiger partial charge is 0.492 e. The molecule has 118 valence electrons. The minimum absolute atomic E-state index is 0.182. The van der Waals surface area contributed by atoms with Gasteiger partial charge in [0.2, 0.25) is 0 Å².